The fraction of sp³-hybridized carbons (Fsp3) is 0.316. The number of benzene rings is 1. The van der Waals surface area contributed by atoms with E-state index >= 15 is 0 Å². The molecule has 3 rings (SSSR count). The number of rotatable bonds is 4. The molecule has 0 spiro atoms. The van der Waals surface area contributed by atoms with E-state index in [1.807, 2.05) is 18.2 Å². The molecule has 26 heavy (non-hydrogen) atoms. The highest BCUT2D eigenvalue weighted by Crippen LogP contribution is 2.13. The molecule has 1 aliphatic rings. The van der Waals surface area contributed by atoms with Crippen LogP contribution in [0, 0.1) is 0 Å². The van der Waals surface area contributed by atoms with Gasteiger partial charge in [0.2, 0.25) is 5.43 Å². The minimum Gasteiger partial charge on any atom is -0.366 e. The molecule has 1 fully saturated rings. The largest absolute Gasteiger partial charge is 0.366 e. The van der Waals surface area contributed by atoms with E-state index in [0.717, 1.165) is 32.5 Å². The van der Waals surface area contributed by atoms with Gasteiger partial charge in [-0.05, 0) is 18.4 Å². The predicted molar refractivity (Wildman–Crippen MR) is 98.6 cm³/mol. The monoisotopic (exact) mass is 354 g/mol. The van der Waals surface area contributed by atoms with Crippen molar-refractivity contribution in [2.45, 2.75) is 25.4 Å². The molecule has 2 aromatic rings. The summed E-state index contributed by atoms with van der Waals surface area (Å²) in [4.78, 5) is 40.6. The third-order valence-electron chi connectivity index (χ3n) is 4.45. The molecule has 1 saturated heterocycles. The molecule has 1 aliphatic heterocycles. The van der Waals surface area contributed by atoms with Gasteiger partial charge in [0.05, 0.1) is 0 Å². The van der Waals surface area contributed by atoms with Crippen molar-refractivity contribution in [3.05, 3.63) is 64.6 Å². The van der Waals surface area contributed by atoms with E-state index in [4.69, 9.17) is 0 Å². The average Bonchev–Trinajstić information content (AvgIpc) is 2.66. The number of pyridine rings is 1. The number of nitrogens with zero attached hydrogens (tertiary/aromatic N) is 1. The maximum atomic E-state index is 12.1. The Morgan fingerprint density at radius 2 is 1.81 bits per heavy atom. The van der Waals surface area contributed by atoms with Gasteiger partial charge in [-0.1, -0.05) is 30.3 Å². The van der Waals surface area contributed by atoms with Gasteiger partial charge in [0.15, 0.2) is 0 Å². The highest BCUT2D eigenvalue weighted by Gasteiger charge is 2.23. The molecule has 136 valence electrons. The Hall–Kier alpha value is -2.93. The topological polar surface area (TPSA) is 94.3 Å². The van der Waals surface area contributed by atoms with Crippen LogP contribution in [-0.2, 0) is 16.1 Å². The van der Waals surface area contributed by atoms with Crippen molar-refractivity contribution in [1.82, 2.24) is 15.2 Å². The second kappa shape index (κ2) is 8.44. The minimum absolute atomic E-state index is 0.0330. The lowest BCUT2D eigenvalue weighted by molar-refractivity contribution is -0.136. The van der Waals surface area contributed by atoms with E-state index in [0.29, 0.717) is 0 Å². The Balaban J connectivity index is 1.45. The summed E-state index contributed by atoms with van der Waals surface area (Å²) < 4.78 is 0. The number of carbonyl (C=O) groups is 2. The normalized spacial score (nSPS) is 15.4. The molecule has 7 heteroatoms. The number of piperidine rings is 1. The smallest absolute Gasteiger partial charge is 0.313 e. The van der Waals surface area contributed by atoms with E-state index in [1.54, 1.807) is 0 Å². The number of carbonyl (C=O) groups excluding carboxylic acids is 2. The number of H-pyrrole nitrogens is 1. The number of nitrogens with one attached hydrogen (secondary N) is 3. The number of hydrogen-bond acceptors (Lipinski definition) is 4. The van der Waals surface area contributed by atoms with Gasteiger partial charge in [0, 0.05) is 44.1 Å². The number of anilines is 1. The molecule has 1 aromatic carbocycles. The number of aromatic nitrogens is 1. The van der Waals surface area contributed by atoms with Crippen molar-refractivity contribution < 1.29 is 9.59 Å². The summed E-state index contributed by atoms with van der Waals surface area (Å²) in [5, 5.41) is 5.09. The van der Waals surface area contributed by atoms with Crippen LogP contribution in [0.4, 0.5) is 5.69 Å². The van der Waals surface area contributed by atoms with Crippen LogP contribution in [0.15, 0.2) is 53.6 Å². The van der Waals surface area contributed by atoms with Gasteiger partial charge in [-0.25, -0.2) is 0 Å². The summed E-state index contributed by atoms with van der Waals surface area (Å²) in [5.41, 5.74) is 0.979. The van der Waals surface area contributed by atoms with Gasteiger partial charge in [-0.3, -0.25) is 19.3 Å². The molecule has 0 unspecified atom stereocenters. The molecule has 0 bridgehead atoms. The van der Waals surface area contributed by atoms with Crippen molar-refractivity contribution in [1.29, 1.82) is 0 Å². The Labute approximate surface area is 151 Å². The lowest BCUT2D eigenvalue weighted by atomic mass is 10.0. The van der Waals surface area contributed by atoms with Crippen molar-refractivity contribution >= 4 is 17.5 Å². The van der Waals surface area contributed by atoms with Crippen molar-refractivity contribution in [2.24, 2.45) is 0 Å². The first-order valence-corrected chi connectivity index (χ1v) is 8.67. The average molecular weight is 354 g/mol. The zero-order chi connectivity index (χ0) is 18.4. The number of amides is 2. The zero-order valence-corrected chi connectivity index (χ0v) is 14.4. The van der Waals surface area contributed by atoms with Crippen molar-refractivity contribution in [2.75, 3.05) is 18.4 Å². The van der Waals surface area contributed by atoms with Gasteiger partial charge in [0.1, 0.15) is 5.69 Å². The Bertz CT molecular complexity index is 811. The number of aromatic amines is 1. The first-order chi connectivity index (χ1) is 12.6. The zero-order valence-electron chi connectivity index (χ0n) is 14.4. The molecule has 0 aliphatic carbocycles. The Morgan fingerprint density at radius 1 is 1.08 bits per heavy atom. The van der Waals surface area contributed by atoms with E-state index < -0.39 is 11.8 Å². The van der Waals surface area contributed by atoms with Crippen LogP contribution in [0.1, 0.15) is 18.4 Å². The molecule has 3 N–H and O–H groups in total. The summed E-state index contributed by atoms with van der Waals surface area (Å²) in [7, 11) is 0. The summed E-state index contributed by atoms with van der Waals surface area (Å²) >= 11 is 0. The van der Waals surface area contributed by atoms with Crippen molar-refractivity contribution in [3.63, 3.8) is 0 Å². The van der Waals surface area contributed by atoms with Crippen molar-refractivity contribution in [3.8, 4) is 0 Å². The Morgan fingerprint density at radius 3 is 2.50 bits per heavy atom. The fourth-order valence-electron chi connectivity index (χ4n) is 3.02. The summed E-state index contributed by atoms with van der Waals surface area (Å²) in [6.07, 6.45) is 4.40. The first kappa shape index (κ1) is 17.9. The highest BCUT2D eigenvalue weighted by molar-refractivity contribution is 6.39. The molecule has 2 amide bonds. The van der Waals surface area contributed by atoms with Gasteiger partial charge in [0.25, 0.3) is 0 Å². The minimum atomic E-state index is -0.826. The third kappa shape index (κ3) is 4.80. The quantitative estimate of drug-likeness (QED) is 0.717. The summed E-state index contributed by atoms with van der Waals surface area (Å²) in [6.45, 7) is 2.61. The third-order valence-corrected chi connectivity index (χ3v) is 4.45. The number of likely N-dealkylation sites (tertiary alicyclic amines) is 1. The van der Waals surface area contributed by atoms with Crippen LogP contribution in [0.25, 0.3) is 0 Å². The van der Waals surface area contributed by atoms with E-state index in [1.165, 1.54) is 24.0 Å². The molecule has 1 aromatic heterocycles. The maximum absolute atomic E-state index is 12.1. The van der Waals surface area contributed by atoms with Crippen LogP contribution in [0.5, 0.6) is 0 Å². The van der Waals surface area contributed by atoms with Gasteiger partial charge >= 0.3 is 11.8 Å². The standard InChI is InChI=1S/C19H22N4O3/c24-17-6-9-20-12-16(17)22-19(26)18(25)21-15-7-10-23(11-8-15)13-14-4-2-1-3-5-14/h1-6,9,12,15H,7-8,10-11,13H2,(H,20,24)(H,21,25)(H,22,26). The van der Waals surface area contributed by atoms with Gasteiger partial charge in [-0.2, -0.15) is 0 Å². The predicted octanol–water partition coefficient (Wildman–Crippen LogP) is 1.09. The molecule has 0 saturated carbocycles. The second-order valence-corrected chi connectivity index (χ2v) is 6.39. The SMILES string of the molecule is O=C(Nc1c[nH]ccc1=O)C(=O)NC1CCN(Cc2ccccc2)CC1. The van der Waals surface area contributed by atoms with Gasteiger partial charge < -0.3 is 15.6 Å². The number of hydrogen-bond donors (Lipinski definition) is 3. The van der Waals surface area contributed by atoms with Crippen LogP contribution < -0.4 is 16.1 Å². The lowest BCUT2D eigenvalue weighted by Crippen LogP contribution is -2.47. The molecule has 2 heterocycles. The Kier molecular flexibility index (Phi) is 5.80. The van der Waals surface area contributed by atoms with Crippen LogP contribution in [-0.4, -0.2) is 40.8 Å². The highest BCUT2D eigenvalue weighted by atomic mass is 16.2. The second-order valence-electron chi connectivity index (χ2n) is 6.39. The lowest BCUT2D eigenvalue weighted by Gasteiger charge is -2.32. The molecule has 0 atom stereocenters. The van der Waals surface area contributed by atoms with Gasteiger partial charge in [-0.15, -0.1) is 0 Å². The molecule has 7 nitrogen and oxygen atoms in total. The first-order valence-electron chi connectivity index (χ1n) is 8.67. The summed E-state index contributed by atoms with van der Waals surface area (Å²) in [5.74, 6) is -1.54. The summed E-state index contributed by atoms with van der Waals surface area (Å²) in [6, 6.07) is 11.5. The molecular weight excluding hydrogens is 332 g/mol. The van der Waals surface area contributed by atoms with Crippen LogP contribution in [0.2, 0.25) is 0 Å². The van der Waals surface area contributed by atoms with Crippen LogP contribution in [0.3, 0.4) is 0 Å². The fourth-order valence-corrected chi connectivity index (χ4v) is 3.02. The maximum Gasteiger partial charge on any atom is 0.313 e. The molecular formula is C19H22N4O3. The van der Waals surface area contributed by atoms with E-state index in [-0.39, 0.29) is 17.2 Å². The van der Waals surface area contributed by atoms with E-state index in [9.17, 15) is 14.4 Å². The van der Waals surface area contributed by atoms with Crippen LogP contribution >= 0.6 is 0 Å². The molecule has 0 radical (unpaired) electrons. The van der Waals surface area contributed by atoms with E-state index in [2.05, 4.69) is 32.7 Å².